The normalized spacial score (nSPS) is 17.0. The van der Waals surface area contributed by atoms with Crippen LogP contribution in [0.3, 0.4) is 0 Å². The molecule has 0 saturated heterocycles. The smallest absolute Gasteiger partial charge is 0.288 e. The van der Waals surface area contributed by atoms with Gasteiger partial charge < -0.3 is 0 Å². The lowest BCUT2D eigenvalue weighted by atomic mass is 9.99. The highest BCUT2D eigenvalue weighted by molar-refractivity contribution is 8.09. The van der Waals surface area contributed by atoms with Crippen LogP contribution in [0.15, 0.2) is 96.1 Å². The molecule has 0 radical (unpaired) electrons. The van der Waals surface area contributed by atoms with Crippen LogP contribution in [0.25, 0.3) is 9.81 Å². The number of carbonyl (C=O) groups excluding carboxylic acids is 2. The average molecular weight is 524 g/mol. The quantitative estimate of drug-likeness (QED) is 0.227. The van der Waals surface area contributed by atoms with Gasteiger partial charge in [0, 0.05) is 11.1 Å². The highest BCUT2D eigenvalue weighted by Gasteiger charge is 2.38. The fourth-order valence-corrected chi connectivity index (χ4v) is 6.07. The number of rotatable bonds is 3. The predicted octanol–water partition coefficient (Wildman–Crippen LogP) is 6.36. The second-order valence-corrected chi connectivity index (χ2v) is 10.4. The molecule has 37 heavy (non-hydrogen) atoms. The third-order valence-corrected chi connectivity index (χ3v) is 8.02. The maximum atomic E-state index is 13.7. The molecule has 0 atom stereocenters. The van der Waals surface area contributed by atoms with Crippen LogP contribution in [-0.2, 0) is 22.7 Å². The van der Waals surface area contributed by atoms with Gasteiger partial charge in [-0.05, 0) is 52.6 Å². The first-order valence-electron chi connectivity index (χ1n) is 11.0. The van der Waals surface area contributed by atoms with Crippen molar-refractivity contribution in [2.24, 2.45) is 0 Å². The summed E-state index contributed by atoms with van der Waals surface area (Å²) in [5, 5.41) is 0. The molecule has 0 bridgehead atoms. The molecule has 0 unspecified atom stereocenters. The van der Waals surface area contributed by atoms with Crippen LogP contribution in [0, 0.1) is 0 Å². The zero-order valence-electron chi connectivity index (χ0n) is 18.8. The summed E-state index contributed by atoms with van der Waals surface area (Å²) in [4.78, 5) is 25.4. The third kappa shape index (κ3) is 4.15. The SMILES string of the molecule is O=C1C(=C2C=C(c3cccc(CF)c3)S(=O)(=O)C(c3cccc(C(F)(F)F)c3)=C2)C(=O)c2ccccc21. The van der Waals surface area contributed by atoms with Crippen LogP contribution in [-0.4, -0.2) is 20.0 Å². The molecule has 1 heterocycles. The lowest BCUT2D eigenvalue weighted by Crippen LogP contribution is -2.14. The largest absolute Gasteiger partial charge is 0.416 e. The number of benzene rings is 3. The number of halogens is 4. The van der Waals surface area contributed by atoms with E-state index in [1.807, 2.05) is 0 Å². The molecule has 186 valence electrons. The van der Waals surface area contributed by atoms with Crippen molar-refractivity contribution in [2.75, 3.05) is 0 Å². The van der Waals surface area contributed by atoms with Gasteiger partial charge in [-0.1, -0.05) is 54.6 Å². The monoisotopic (exact) mass is 524 g/mol. The molecule has 0 saturated carbocycles. The summed E-state index contributed by atoms with van der Waals surface area (Å²) in [6.45, 7) is -0.877. The minimum absolute atomic E-state index is 0.0610. The van der Waals surface area contributed by atoms with Crippen molar-refractivity contribution in [3.05, 3.63) is 129 Å². The van der Waals surface area contributed by atoms with Gasteiger partial charge >= 0.3 is 6.18 Å². The maximum Gasteiger partial charge on any atom is 0.416 e. The maximum absolute atomic E-state index is 13.7. The van der Waals surface area contributed by atoms with Crippen LogP contribution >= 0.6 is 0 Å². The summed E-state index contributed by atoms with van der Waals surface area (Å²) >= 11 is 0. The Morgan fingerprint density at radius 2 is 1.24 bits per heavy atom. The number of alkyl halides is 4. The van der Waals surface area contributed by atoms with E-state index >= 15 is 0 Å². The van der Waals surface area contributed by atoms with Gasteiger partial charge in [0.1, 0.15) is 6.67 Å². The molecule has 3 aromatic rings. The zero-order chi connectivity index (χ0) is 26.5. The second kappa shape index (κ2) is 8.77. The van der Waals surface area contributed by atoms with Crippen molar-refractivity contribution in [1.82, 2.24) is 0 Å². The van der Waals surface area contributed by atoms with Crippen molar-refractivity contribution in [3.63, 3.8) is 0 Å². The van der Waals surface area contributed by atoms with E-state index < -0.39 is 44.7 Å². The molecule has 5 rings (SSSR count). The molecule has 1 aliphatic heterocycles. The summed E-state index contributed by atoms with van der Waals surface area (Å²) in [6, 6.07) is 15.5. The lowest BCUT2D eigenvalue weighted by Gasteiger charge is -2.20. The molecule has 0 spiro atoms. The third-order valence-electron chi connectivity index (χ3n) is 6.15. The Labute approximate surface area is 209 Å². The molecule has 9 heteroatoms. The number of hydrogen-bond donors (Lipinski definition) is 0. The zero-order valence-corrected chi connectivity index (χ0v) is 19.7. The molecular weight excluding hydrogens is 508 g/mol. The number of hydrogen-bond acceptors (Lipinski definition) is 4. The van der Waals surface area contributed by atoms with E-state index in [2.05, 4.69) is 0 Å². The van der Waals surface area contributed by atoms with E-state index in [0.29, 0.717) is 6.07 Å². The van der Waals surface area contributed by atoms with Crippen molar-refractivity contribution in [1.29, 1.82) is 0 Å². The molecule has 2 aliphatic rings. The molecule has 0 fully saturated rings. The van der Waals surface area contributed by atoms with Crippen LogP contribution < -0.4 is 0 Å². The van der Waals surface area contributed by atoms with Gasteiger partial charge in [-0.25, -0.2) is 12.8 Å². The average Bonchev–Trinajstić information content (AvgIpc) is 3.13. The number of Topliss-reactive ketones (excluding diaryl/α,β-unsaturated/α-hetero) is 2. The van der Waals surface area contributed by atoms with Gasteiger partial charge in [0.15, 0.2) is 11.6 Å². The van der Waals surface area contributed by atoms with Crippen molar-refractivity contribution < 1.29 is 35.6 Å². The molecule has 0 N–H and O–H groups in total. The number of carbonyl (C=O) groups is 2. The van der Waals surface area contributed by atoms with Gasteiger partial charge in [0.2, 0.25) is 9.84 Å². The van der Waals surface area contributed by atoms with E-state index in [0.717, 1.165) is 24.3 Å². The summed E-state index contributed by atoms with van der Waals surface area (Å²) < 4.78 is 81.0. The summed E-state index contributed by atoms with van der Waals surface area (Å²) in [6.07, 6.45) is -2.55. The summed E-state index contributed by atoms with van der Waals surface area (Å²) in [5.41, 5.74) is -1.14. The van der Waals surface area contributed by atoms with Gasteiger partial charge in [-0.15, -0.1) is 0 Å². The van der Waals surface area contributed by atoms with E-state index in [4.69, 9.17) is 0 Å². The Balaban J connectivity index is 1.80. The number of ketones is 2. The molecule has 0 amide bonds. The Morgan fingerprint density at radius 1 is 0.703 bits per heavy atom. The first-order valence-corrected chi connectivity index (χ1v) is 12.4. The fraction of sp³-hybridized carbons (Fsp3) is 0.0714. The second-order valence-electron chi connectivity index (χ2n) is 8.47. The van der Waals surface area contributed by atoms with Gasteiger partial charge in [-0.3, -0.25) is 9.59 Å². The minimum Gasteiger partial charge on any atom is -0.288 e. The van der Waals surface area contributed by atoms with Gasteiger partial charge in [0.25, 0.3) is 0 Å². The van der Waals surface area contributed by atoms with E-state index in [9.17, 15) is 35.6 Å². The van der Waals surface area contributed by atoms with Crippen LogP contribution in [0.5, 0.6) is 0 Å². The molecule has 3 aromatic carbocycles. The lowest BCUT2D eigenvalue weighted by molar-refractivity contribution is -0.137. The first-order chi connectivity index (χ1) is 17.5. The van der Waals surface area contributed by atoms with Crippen molar-refractivity contribution in [2.45, 2.75) is 12.9 Å². The first kappa shape index (κ1) is 24.6. The highest BCUT2D eigenvalue weighted by Crippen LogP contribution is 2.42. The molecule has 0 aromatic heterocycles. The summed E-state index contributed by atoms with van der Waals surface area (Å²) in [5.74, 6) is -1.25. The van der Waals surface area contributed by atoms with Gasteiger partial charge in [-0.2, -0.15) is 13.2 Å². The van der Waals surface area contributed by atoms with Gasteiger partial charge in [0.05, 0.1) is 20.9 Å². The van der Waals surface area contributed by atoms with Crippen molar-refractivity contribution >= 4 is 31.2 Å². The van der Waals surface area contributed by atoms with Crippen LogP contribution in [0.2, 0.25) is 0 Å². The van der Waals surface area contributed by atoms with E-state index in [-0.39, 0.29) is 43.9 Å². The topological polar surface area (TPSA) is 68.3 Å². The number of allylic oxidation sites excluding steroid dienone is 4. The fourth-order valence-electron chi connectivity index (χ4n) is 4.39. The standard InChI is InChI=1S/C28H16F4O4S/c29-15-16-5-3-6-17(11-16)23-13-19(25-26(33)21-9-1-2-10-22(21)27(25)34)14-24(37(23,35)36)18-7-4-8-20(12-18)28(30,31)32/h1-14H,15H2. The minimum atomic E-state index is -4.73. The van der Waals surface area contributed by atoms with E-state index in [1.165, 1.54) is 42.5 Å². The van der Waals surface area contributed by atoms with Crippen LogP contribution in [0.1, 0.15) is 43.0 Å². The molecule has 1 aliphatic carbocycles. The van der Waals surface area contributed by atoms with Crippen LogP contribution in [0.4, 0.5) is 17.6 Å². The summed E-state index contributed by atoms with van der Waals surface area (Å²) in [7, 11) is -4.45. The Bertz CT molecular complexity index is 1660. The molecule has 4 nitrogen and oxygen atoms in total. The number of sulfone groups is 1. The Hall–Kier alpha value is -4.11. The Morgan fingerprint density at radius 3 is 1.78 bits per heavy atom. The number of fused-ring (bicyclic) bond motifs is 1. The van der Waals surface area contributed by atoms with E-state index in [1.54, 1.807) is 12.1 Å². The predicted molar refractivity (Wildman–Crippen MR) is 130 cm³/mol. The Kier molecular flexibility index (Phi) is 5.83. The molecular formula is C28H16F4O4S. The van der Waals surface area contributed by atoms with Crippen molar-refractivity contribution in [3.8, 4) is 0 Å². The highest BCUT2D eigenvalue weighted by atomic mass is 32.2.